The molecule has 17 heavy (non-hydrogen) atoms. The van der Waals surface area contributed by atoms with Gasteiger partial charge in [-0.25, -0.2) is 15.0 Å². The van der Waals surface area contributed by atoms with Gasteiger partial charge in [-0.1, -0.05) is 6.92 Å². The largest absolute Gasteiger partial charge is 0.310 e. The molecule has 0 aliphatic carbocycles. The van der Waals surface area contributed by atoms with Crippen molar-refractivity contribution in [3.05, 3.63) is 29.2 Å². The van der Waals surface area contributed by atoms with Crippen LogP contribution in [0.4, 0.5) is 0 Å². The van der Waals surface area contributed by atoms with Crippen molar-refractivity contribution in [1.82, 2.24) is 20.3 Å². The first kappa shape index (κ1) is 12.1. The van der Waals surface area contributed by atoms with Gasteiger partial charge in [0.15, 0.2) is 0 Å². The number of nitrogens with one attached hydrogen (secondary N) is 1. The van der Waals surface area contributed by atoms with Crippen molar-refractivity contribution >= 4 is 11.3 Å². The zero-order chi connectivity index (χ0) is 12.3. The Morgan fingerprint density at radius 2 is 2.29 bits per heavy atom. The van der Waals surface area contributed by atoms with Crippen LogP contribution in [0.25, 0.3) is 10.7 Å². The Kier molecular flexibility index (Phi) is 3.81. The highest BCUT2D eigenvalue weighted by Crippen LogP contribution is 2.30. The van der Waals surface area contributed by atoms with E-state index >= 15 is 0 Å². The van der Waals surface area contributed by atoms with Crippen LogP contribution in [-0.2, 0) is 0 Å². The van der Waals surface area contributed by atoms with E-state index in [0.29, 0.717) is 6.04 Å². The van der Waals surface area contributed by atoms with Crippen LogP contribution in [0.1, 0.15) is 30.5 Å². The second kappa shape index (κ2) is 5.33. The molecule has 0 fully saturated rings. The minimum atomic E-state index is 0.341. The van der Waals surface area contributed by atoms with Gasteiger partial charge in [0.25, 0.3) is 0 Å². The van der Waals surface area contributed by atoms with E-state index in [9.17, 15) is 0 Å². The molecule has 0 saturated carbocycles. The van der Waals surface area contributed by atoms with Crippen molar-refractivity contribution in [3.63, 3.8) is 0 Å². The maximum Gasteiger partial charge on any atom is 0.142 e. The molecule has 0 saturated heterocycles. The molecule has 1 unspecified atom stereocenters. The summed E-state index contributed by atoms with van der Waals surface area (Å²) in [5.41, 5.74) is 1.97. The monoisotopic (exact) mass is 248 g/mol. The van der Waals surface area contributed by atoms with Gasteiger partial charge in [0, 0.05) is 17.1 Å². The minimum Gasteiger partial charge on any atom is -0.310 e. The molecule has 0 radical (unpaired) electrons. The van der Waals surface area contributed by atoms with Gasteiger partial charge in [-0.15, -0.1) is 11.3 Å². The summed E-state index contributed by atoms with van der Waals surface area (Å²) in [6, 6.07) is 2.23. The zero-order valence-electron chi connectivity index (χ0n) is 10.3. The van der Waals surface area contributed by atoms with Crippen LogP contribution in [0.15, 0.2) is 18.6 Å². The van der Waals surface area contributed by atoms with Crippen LogP contribution in [-0.4, -0.2) is 21.5 Å². The molecule has 0 aromatic carbocycles. The number of aromatic nitrogens is 3. The van der Waals surface area contributed by atoms with Crippen LogP contribution in [0.3, 0.4) is 0 Å². The van der Waals surface area contributed by atoms with E-state index in [1.807, 2.05) is 13.0 Å². The molecule has 5 heteroatoms. The molecule has 0 bridgehead atoms. The molecule has 1 atom stereocenters. The highest BCUT2D eigenvalue weighted by molar-refractivity contribution is 7.15. The van der Waals surface area contributed by atoms with Crippen LogP contribution in [0.2, 0.25) is 0 Å². The van der Waals surface area contributed by atoms with Crippen LogP contribution in [0.5, 0.6) is 0 Å². The summed E-state index contributed by atoms with van der Waals surface area (Å²) in [7, 11) is 0. The lowest BCUT2D eigenvalue weighted by Crippen LogP contribution is -2.17. The lowest BCUT2D eigenvalue weighted by atomic mass is 10.2. The minimum absolute atomic E-state index is 0.341. The van der Waals surface area contributed by atoms with Crippen LogP contribution in [0, 0.1) is 6.92 Å². The molecule has 1 N–H and O–H groups in total. The molecular weight excluding hydrogens is 232 g/mol. The highest BCUT2D eigenvalue weighted by Gasteiger charge is 2.14. The molecular formula is C12H16N4S. The lowest BCUT2D eigenvalue weighted by molar-refractivity contribution is 0.603. The fourth-order valence-electron chi connectivity index (χ4n) is 1.74. The van der Waals surface area contributed by atoms with E-state index in [4.69, 9.17) is 0 Å². The molecule has 2 rings (SSSR count). The fourth-order valence-corrected chi connectivity index (χ4v) is 2.81. The molecule has 90 valence electrons. The number of thiazole rings is 1. The Bertz CT molecular complexity index is 481. The van der Waals surface area contributed by atoms with Crippen molar-refractivity contribution in [3.8, 4) is 10.7 Å². The van der Waals surface area contributed by atoms with Crippen molar-refractivity contribution in [2.45, 2.75) is 26.8 Å². The number of hydrogen-bond donors (Lipinski definition) is 1. The van der Waals surface area contributed by atoms with Crippen molar-refractivity contribution in [1.29, 1.82) is 0 Å². The highest BCUT2D eigenvalue weighted by atomic mass is 32.1. The Balaban J connectivity index is 2.31. The lowest BCUT2D eigenvalue weighted by Gasteiger charge is -2.09. The van der Waals surface area contributed by atoms with Gasteiger partial charge in [-0.3, -0.25) is 0 Å². The van der Waals surface area contributed by atoms with Gasteiger partial charge in [-0.2, -0.15) is 0 Å². The Morgan fingerprint density at radius 1 is 1.47 bits per heavy atom. The Hall–Kier alpha value is -1.33. The van der Waals surface area contributed by atoms with Gasteiger partial charge in [0.2, 0.25) is 0 Å². The summed E-state index contributed by atoms with van der Waals surface area (Å²) in [5.74, 6) is 0. The maximum atomic E-state index is 4.57. The van der Waals surface area contributed by atoms with E-state index in [-0.39, 0.29) is 0 Å². The summed E-state index contributed by atoms with van der Waals surface area (Å²) >= 11 is 1.70. The standard InChI is InChI=1S/C12H16N4S/c1-4-14-8(2)11-9(3)16-12(17-11)10-5-6-13-7-15-10/h5-8,14H,4H2,1-3H3. The molecule has 4 nitrogen and oxygen atoms in total. The quantitative estimate of drug-likeness (QED) is 0.903. The molecule has 2 heterocycles. The fraction of sp³-hybridized carbons (Fsp3) is 0.417. The Labute approximate surface area is 105 Å². The van der Waals surface area contributed by atoms with Gasteiger partial charge in [0.05, 0.1) is 5.69 Å². The first-order valence-corrected chi connectivity index (χ1v) is 6.51. The van der Waals surface area contributed by atoms with Gasteiger partial charge >= 0.3 is 0 Å². The normalized spacial score (nSPS) is 12.6. The first-order valence-electron chi connectivity index (χ1n) is 5.69. The molecule has 2 aromatic heterocycles. The topological polar surface area (TPSA) is 50.7 Å². The van der Waals surface area contributed by atoms with Crippen molar-refractivity contribution in [2.75, 3.05) is 6.54 Å². The number of nitrogens with zero attached hydrogens (tertiary/aromatic N) is 3. The average molecular weight is 248 g/mol. The van der Waals surface area contributed by atoms with Crippen molar-refractivity contribution in [2.24, 2.45) is 0 Å². The first-order chi connectivity index (χ1) is 8.22. The van der Waals surface area contributed by atoms with Crippen LogP contribution < -0.4 is 5.32 Å². The molecule has 0 amide bonds. The van der Waals surface area contributed by atoms with Crippen molar-refractivity contribution < 1.29 is 0 Å². The number of rotatable bonds is 4. The smallest absolute Gasteiger partial charge is 0.142 e. The third-order valence-corrected chi connectivity index (χ3v) is 3.90. The SMILES string of the molecule is CCNC(C)c1sc(-c2ccncn2)nc1C. The van der Waals surface area contributed by atoms with E-state index in [1.165, 1.54) is 4.88 Å². The van der Waals surface area contributed by atoms with Gasteiger partial charge < -0.3 is 5.32 Å². The second-order valence-electron chi connectivity index (χ2n) is 3.84. The molecule has 0 aliphatic rings. The van der Waals surface area contributed by atoms with Gasteiger partial charge in [-0.05, 0) is 26.5 Å². The third kappa shape index (κ3) is 2.68. The summed E-state index contributed by atoms with van der Waals surface area (Å²) in [4.78, 5) is 14.0. The number of aryl methyl sites for hydroxylation is 1. The molecule has 0 spiro atoms. The van der Waals surface area contributed by atoms with Crippen LogP contribution >= 0.6 is 11.3 Å². The maximum absolute atomic E-state index is 4.57. The number of hydrogen-bond acceptors (Lipinski definition) is 5. The molecule has 2 aromatic rings. The zero-order valence-corrected chi connectivity index (χ0v) is 11.1. The summed E-state index contributed by atoms with van der Waals surface area (Å²) in [6.45, 7) is 7.28. The van der Waals surface area contributed by atoms with E-state index < -0.39 is 0 Å². The van der Waals surface area contributed by atoms with Gasteiger partial charge in [0.1, 0.15) is 17.0 Å². The van der Waals surface area contributed by atoms with E-state index in [2.05, 4.69) is 34.1 Å². The predicted octanol–water partition coefficient (Wildman–Crippen LogP) is 2.58. The average Bonchev–Trinajstić information content (AvgIpc) is 2.73. The molecule has 0 aliphatic heterocycles. The predicted molar refractivity (Wildman–Crippen MR) is 70.0 cm³/mol. The summed E-state index contributed by atoms with van der Waals surface area (Å²) in [5, 5.41) is 4.37. The van der Waals surface area contributed by atoms with E-state index in [1.54, 1.807) is 23.9 Å². The second-order valence-corrected chi connectivity index (χ2v) is 4.87. The Morgan fingerprint density at radius 3 is 2.94 bits per heavy atom. The third-order valence-electron chi connectivity index (χ3n) is 2.54. The summed E-state index contributed by atoms with van der Waals surface area (Å²) < 4.78 is 0. The summed E-state index contributed by atoms with van der Waals surface area (Å²) in [6.07, 6.45) is 3.30. The van der Waals surface area contributed by atoms with E-state index in [0.717, 1.165) is 22.9 Å².